The minimum Gasteiger partial charge on any atom is -0.378 e. The van der Waals surface area contributed by atoms with Gasteiger partial charge in [0.05, 0.1) is 11.8 Å². The van der Waals surface area contributed by atoms with Crippen molar-refractivity contribution in [1.29, 1.82) is 0 Å². The van der Waals surface area contributed by atoms with E-state index in [1.165, 1.54) is 17.8 Å². The zero-order valence-electron chi connectivity index (χ0n) is 13.1. The van der Waals surface area contributed by atoms with Crippen molar-refractivity contribution in [2.24, 2.45) is 0 Å². The van der Waals surface area contributed by atoms with Crippen LogP contribution in [-0.4, -0.2) is 48.6 Å². The molecule has 1 atom stereocenters. The number of ether oxygens (including phenoxy) is 1. The topological polar surface area (TPSA) is 54.5 Å². The van der Waals surface area contributed by atoms with Crippen molar-refractivity contribution in [1.82, 2.24) is 9.88 Å². The van der Waals surface area contributed by atoms with E-state index in [1.807, 2.05) is 20.9 Å². The molecule has 0 aliphatic carbocycles. The van der Waals surface area contributed by atoms with Crippen LogP contribution in [-0.2, 0) is 4.74 Å². The van der Waals surface area contributed by atoms with Crippen molar-refractivity contribution in [3.63, 3.8) is 0 Å². The number of aryl methyl sites for hydroxylation is 1. The smallest absolute Gasteiger partial charge is 0.265 e. The molecule has 1 aromatic rings. The van der Waals surface area contributed by atoms with Crippen LogP contribution in [0.4, 0.5) is 5.13 Å². The first-order valence-corrected chi connectivity index (χ1v) is 8.51. The van der Waals surface area contributed by atoms with Gasteiger partial charge in [0.2, 0.25) is 0 Å². The number of thiazole rings is 1. The van der Waals surface area contributed by atoms with Crippen LogP contribution in [0.5, 0.6) is 0 Å². The lowest BCUT2D eigenvalue weighted by molar-refractivity contribution is 0.0766. The molecule has 1 amide bonds. The van der Waals surface area contributed by atoms with Gasteiger partial charge in [-0.1, -0.05) is 11.3 Å². The van der Waals surface area contributed by atoms with Gasteiger partial charge in [0, 0.05) is 26.7 Å². The van der Waals surface area contributed by atoms with E-state index in [-0.39, 0.29) is 5.91 Å². The molecule has 21 heavy (non-hydrogen) atoms. The fourth-order valence-electron chi connectivity index (χ4n) is 2.52. The highest BCUT2D eigenvalue weighted by Crippen LogP contribution is 2.24. The molecule has 0 unspecified atom stereocenters. The van der Waals surface area contributed by atoms with Gasteiger partial charge in [-0.3, -0.25) is 4.79 Å². The molecule has 0 radical (unpaired) electrons. The van der Waals surface area contributed by atoms with Gasteiger partial charge in [0.1, 0.15) is 4.88 Å². The molecule has 6 heteroatoms. The predicted octanol–water partition coefficient (Wildman–Crippen LogP) is 2.91. The summed E-state index contributed by atoms with van der Waals surface area (Å²) < 4.78 is 5.61. The molecule has 0 saturated carbocycles. The lowest BCUT2D eigenvalue weighted by Crippen LogP contribution is -2.28. The van der Waals surface area contributed by atoms with E-state index in [4.69, 9.17) is 4.74 Å². The maximum absolute atomic E-state index is 12.4. The van der Waals surface area contributed by atoms with Crippen LogP contribution in [0.25, 0.3) is 0 Å². The quantitative estimate of drug-likeness (QED) is 0.841. The van der Waals surface area contributed by atoms with Crippen LogP contribution >= 0.6 is 11.3 Å². The van der Waals surface area contributed by atoms with E-state index in [1.54, 1.807) is 4.90 Å². The summed E-state index contributed by atoms with van der Waals surface area (Å²) >= 11 is 1.44. The average Bonchev–Trinajstić information content (AvgIpc) is 3.08. The Kier molecular flexibility index (Phi) is 5.99. The summed E-state index contributed by atoms with van der Waals surface area (Å²) in [5.74, 6) is 0.0708. The third kappa shape index (κ3) is 4.41. The lowest BCUT2D eigenvalue weighted by atomic mass is 10.1. The highest BCUT2D eigenvalue weighted by molar-refractivity contribution is 7.17. The molecule has 118 valence electrons. The Bertz CT molecular complexity index is 469. The van der Waals surface area contributed by atoms with Gasteiger partial charge in [-0.15, -0.1) is 0 Å². The highest BCUT2D eigenvalue weighted by atomic mass is 32.1. The molecule has 5 nitrogen and oxygen atoms in total. The number of nitrogens with zero attached hydrogens (tertiary/aromatic N) is 2. The van der Waals surface area contributed by atoms with Crippen molar-refractivity contribution < 1.29 is 9.53 Å². The summed E-state index contributed by atoms with van der Waals surface area (Å²) in [5.41, 5.74) is 0.812. The number of nitrogens with one attached hydrogen (secondary N) is 1. The van der Waals surface area contributed by atoms with Crippen LogP contribution in [0.15, 0.2) is 0 Å². The number of rotatable bonds is 7. The summed E-state index contributed by atoms with van der Waals surface area (Å²) in [4.78, 5) is 19.4. The molecule has 2 heterocycles. The van der Waals surface area contributed by atoms with E-state index in [0.717, 1.165) is 54.7 Å². The van der Waals surface area contributed by atoms with E-state index in [2.05, 4.69) is 10.3 Å². The predicted molar refractivity (Wildman–Crippen MR) is 86.2 cm³/mol. The first-order valence-electron chi connectivity index (χ1n) is 7.70. The summed E-state index contributed by atoms with van der Waals surface area (Å²) in [6, 6.07) is 0. The first kappa shape index (κ1) is 16.2. The molecule has 0 aromatic carbocycles. The van der Waals surface area contributed by atoms with Gasteiger partial charge in [0.25, 0.3) is 5.91 Å². The van der Waals surface area contributed by atoms with Gasteiger partial charge < -0.3 is 15.0 Å². The normalized spacial score (nSPS) is 18.0. The van der Waals surface area contributed by atoms with Crippen LogP contribution in [0.3, 0.4) is 0 Å². The monoisotopic (exact) mass is 311 g/mol. The molecule has 1 N–H and O–H groups in total. The van der Waals surface area contributed by atoms with Crippen molar-refractivity contribution in [3.8, 4) is 0 Å². The number of carbonyl (C=O) groups excluding carboxylic acids is 1. The Morgan fingerprint density at radius 1 is 1.57 bits per heavy atom. The number of amides is 1. The van der Waals surface area contributed by atoms with Gasteiger partial charge >= 0.3 is 0 Å². The summed E-state index contributed by atoms with van der Waals surface area (Å²) in [6.45, 7) is 6.40. The molecule has 1 aliphatic rings. The van der Waals surface area contributed by atoms with E-state index >= 15 is 0 Å². The number of anilines is 1. The van der Waals surface area contributed by atoms with Crippen LogP contribution in [0, 0.1) is 6.92 Å². The zero-order valence-corrected chi connectivity index (χ0v) is 14.0. The van der Waals surface area contributed by atoms with Gasteiger partial charge in [-0.2, -0.15) is 0 Å². The summed E-state index contributed by atoms with van der Waals surface area (Å²) in [6.07, 6.45) is 4.77. The lowest BCUT2D eigenvalue weighted by Gasteiger charge is -2.17. The Morgan fingerprint density at radius 3 is 3.05 bits per heavy atom. The molecule has 1 saturated heterocycles. The second-order valence-corrected chi connectivity index (χ2v) is 6.47. The number of aromatic nitrogens is 1. The third-order valence-corrected chi connectivity index (χ3v) is 4.81. The van der Waals surface area contributed by atoms with Crippen molar-refractivity contribution in [3.05, 3.63) is 10.6 Å². The Hall–Kier alpha value is -1.14. The Balaban J connectivity index is 1.83. The standard InChI is InChI=1S/C15H25N3O2S/c1-4-16-15-17-11(2)13(21-15)14(19)18(3)9-5-7-12-8-6-10-20-12/h12H,4-10H2,1-3H3,(H,16,17)/t12-/m1/s1. The van der Waals surface area contributed by atoms with Crippen LogP contribution < -0.4 is 5.32 Å². The molecular weight excluding hydrogens is 286 g/mol. The molecule has 1 fully saturated rings. The second kappa shape index (κ2) is 7.75. The third-order valence-electron chi connectivity index (χ3n) is 3.71. The largest absolute Gasteiger partial charge is 0.378 e. The molecule has 1 aliphatic heterocycles. The fourth-order valence-corrected chi connectivity index (χ4v) is 3.55. The van der Waals surface area contributed by atoms with Crippen molar-refractivity contribution >= 4 is 22.4 Å². The van der Waals surface area contributed by atoms with Gasteiger partial charge in [-0.25, -0.2) is 4.98 Å². The number of hydrogen-bond acceptors (Lipinski definition) is 5. The molecule has 0 bridgehead atoms. The zero-order chi connectivity index (χ0) is 15.2. The van der Waals surface area contributed by atoms with Gasteiger partial charge in [0.15, 0.2) is 5.13 Å². The highest BCUT2D eigenvalue weighted by Gasteiger charge is 2.20. The minimum absolute atomic E-state index is 0.0708. The number of hydrogen-bond donors (Lipinski definition) is 1. The maximum atomic E-state index is 12.4. The van der Waals surface area contributed by atoms with E-state index in [9.17, 15) is 4.79 Å². The molecule has 1 aromatic heterocycles. The Morgan fingerprint density at radius 2 is 2.38 bits per heavy atom. The number of carbonyl (C=O) groups is 1. The summed E-state index contributed by atoms with van der Waals surface area (Å²) in [5, 5.41) is 3.99. The van der Waals surface area contributed by atoms with Crippen molar-refractivity contribution in [2.75, 3.05) is 32.1 Å². The van der Waals surface area contributed by atoms with Crippen LogP contribution in [0.2, 0.25) is 0 Å². The minimum atomic E-state index is 0.0708. The summed E-state index contributed by atoms with van der Waals surface area (Å²) in [7, 11) is 1.87. The second-order valence-electron chi connectivity index (χ2n) is 5.47. The van der Waals surface area contributed by atoms with E-state index < -0.39 is 0 Å². The molecular formula is C15H25N3O2S. The Labute approximate surface area is 130 Å². The maximum Gasteiger partial charge on any atom is 0.265 e. The molecule has 2 rings (SSSR count). The average molecular weight is 311 g/mol. The fraction of sp³-hybridized carbons (Fsp3) is 0.733. The van der Waals surface area contributed by atoms with Crippen LogP contribution in [0.1, 0.15) is 48.0 Å². The first-order chi connectivity index (χ1) is 10.1. The van der Waals surface area contributed by atoms with Crippen molar-refractivity contribution in [2.45, 2.75) is 45.6 Å². The SMILES string of the molecule is CCNc1nc(C)c(C(=O)N(C)CCC[C@@H]2CCCO2)s1. The van der Waals surface area contributed by atoms with E-state index in [0.29, 0.717) is 6.10 Å². The van der Waals surface area contributed by atoms with Gasteiger partial charge in [-0.05, 0) is 39.5 Å². The molecule has 0 spiro atoms.